The third-order valence-corrected chi connectivity index (χ3v) is 11.4. The highest BCUT2D eigenvalue weighted by Crippen LogP contribution is 2.47. The second-order valence-electron chi connectivity index (χ2n) is 14.2. The lowest BCUT2D eigenvalue weighted by molar-refractivity contribution is 0.108. The molecule has 2 N–H and O–H groups in total. The van der Waals surface area contributed by atoms with Crippen molar-refractivity contribution in [1.82, 2.24) is 25.2 Å². The van der Waals surface area contributed by atoms with Gasteiger partial charge in [0, 0.05) is 36.3 Å². The molecule has 256 valence electrons. The fraction of sp³-hybridized carbons (Fsp3) is 0.472. The van der Waals surface area contributed by atoms with Crippen LogP contribution in [0.25, 0.3) is 32.9 Å². The summed E-state index contributed by atoms with van der Waals surface area (Å²) in [6.45, 7) is 5.34. The zero-order chi connectivity index (χ0) is 33.8. The van der Waals surface area contributed by atoms with Crippen LogP contribution < -0.4 is 19.7 Å². The van der Waals surface area contributed by atoms with Crippen molar-refractivity contribution in [2.24, 2.45) is 0 Å². The fourth-order valence-corrected chi connectivity index (χ4v) is 9.23. The van der Waals surface area contributed by atoms with Gasteiger partial charge >= 0.3 is 6.01 Å². The smallest absolute Gasteiger partial charge is 0.319 e. The number of rotatable bonds is 5. The van der Waals surface area contributed by atoms with Crippen molar-refractivity contribution in [3.8, 4) is 28.9 Å². The van der Waals surface area contributed by atoms with Crippen molar-refractivity contribution in [2.45, 2.75) is 82.1 Å². The van der Waals surface area contributed by atoms with Crippen LogP contribution >= 0.6 is 0 Å². The molecule has 5 aliphatic heterocycles. The molecule has 2 bridgehead atoms. The molecule has 0 spiro atoms. The van der Waals surface area contributed by atoms with E-state index in [1.165, 1.54) is 18.2 Å². The number of aromatic nitrogens is 3. The van der Waals surface area contributed by atoms with E-state index < -0.39 is 23.3 Å². The molecule has 0 amide bonds. The van der Waals surface area contributed by atoms with Crippen LogP contribution in [-0.2, 0) is 6.42 Å². The monoisotopic (exact) mass is 676 g/mol. The maximum atomic E-state index is 17.2. The van der Waals surface area contributed by atoms with Crippen LogP contribution in [-0.4, -0.2) is 81.0 Å². The Bertz CT molecular complexity index is 2070. The highest BCUT2D eigenvalue weighted by atomic mass is 19.3. The number of nitrogens with zero attached hydrogens (tertiary/aromatic N) is 5. The Hall–Kier alpha value is -4.23. The number of fused-ring (bicyclic) bond motifs is 7. The van der Waals surface area contributed by atoms with Crippen LogP contribution in [0.1, 0.15) is 51.5 Å². The van der Waals surface area contributed by atoms with Crippen LogP contribution in [0, 0.1) is 11.6 Å². The molecule has 2 aromatic carbocycles. The first-order chi connectivity index (χ1) is 23.6. The van der Waals surface area contributed by atoms with Crippen molar-refractivity contribution >= 4 is 27.5 Å². The van der Waals surface area contributed by atoms with Gasteiger partial charge in [-0.1, -0.05) is 13.0 Å². The van der Waals surface area contributed by atoms with E-state index >= 15 is 8.78 Å². The highest BCUT2D eigenvalue weighted by Gasteiger charge is 2.49. The number of ether oxygens (including phenoxy) is 2. The average Bonchev–Trinajstić information content (AvgIpc) is 3.74. The molecular formula is C36H36F4N6O3. The molecule has 4 saturated heterocycles. The van der Waals surface area contributed by atoms with Crippen molar-refractivity contribution in [3.63, 3.8) is 0 Å². The summed E-state index contributed by atoms with van der Waals surface area (Å²) < 4.78 is 72.6. The number of pyridine rings is 1. The van der Waals surface area contributed by atoms with Gasteiger partial charge in [-0.05, 0) is 86.5 Å². The van der Waals surface area contributed by atoms with Crippen LogP contribution in [0.5, 0.6) is 17.6 Å². The Morgan fingerprint density at radius 2 is 2.00 bits per heavy atom. The van der Waals surface area contributed by atoms with E-state index in [0.29, 0.717) is 53.5 Å². The van der Waals surface area contributed by atoms with Crippen molar-refractivity contribution in [2.75, 3.05) is 31.1 Å². The van der Waals surface area contributed by atoms with E-state index in [9.17, 15) is 13.9 Å². The quantitative estimate of drug-likeness (QED) is 0.238. The van der Waals surface area contributed by atoms with Gasteiger partial charge in [-0.2, -0.15) is 18.7 Å². The molecule has 4 fully saturated rings. The van der Waals surface area contributed by atoms with E-state index in [1.807, 2.05) is 18.7 Å². The minimum atomic E-state index is -1.65. The van der Waals surface area contributed by atoms with Crippen LogP contribution in [0.3, 0.4) is 0 Å². The molecular weight excluding hydrogens is 640 g/mol. The predicted octanol–water partition coefficient (Wildman–Crippen LogP) is 6.25. The number of halogens is 4. The van der Waals surface area contributed by atoms with Gasteiger partial charge in [0.05, 0.1) is 11.6 Å². The maximum Gasteiger partial charge on any atom is 0.319 e. The molecule has 5 aliphatic rings. The number of benzene rings is 2. The van der Waals surface area contributed by atoms with E-state index in [1.54, 1.807) is 6.07 Å². The molecule has 49 heavy (non-hydrogen) atoms. The number of piperazine rings is 1. The Kier molecular flexibility index (Phi) is 7.00. The van der Waals surface area contributed by atoms with Gasteiger partial charge in [0.2, 0.25) is 5.88 Å². The number of phenolic OH excluding ortho intramolecular Hbond substituents is 1. The molecule has 0 radical (unpaired) electrons. The minimum Gasteiger partial charge on any atom is -0.508 e. The highest BCUT2D eigenvalue weighted by molar-refractivity contribution is 6.03. The van der Waals surface area contributed by atoms with Gasteiger partial charge in [0.15, 0.2) is 5.82 Å². The Balaban J connectivity index is 1.24. The van der Waals surface area contributed by atoms with Crippen LogP contribution in [0.4, 0.5) is 23.4 Å². The lowest BCUT2D eigenvalue weighted by Crippen LogP contribution is -2.62. The summed E-state index contributed by atoms with van der Waals surface area (Å²) in [6.07, 6.45) is 1.98. The summed E-state index contributed by atoms with van der Waals surface area (Å²) in [5.41, 5.74) is -0.137. The number of hydrogen-bond acceptors (Lipinski definition) is 9. The lowest BCUT2D eigenvalue weighted by atomic mass is 9.94. The average molecular weight is 677 g/mol. The third kappa shape index (κ3) is 4.68. The van der Waals surface area contributed by atoms with E-state index in [0.717, 1.165) is 19.3 Å². The first-order valence-electron chi connectivity index (χ1n) is 17.1. The van der Waals surface area contributed by atoms with Gasteiger partial charge in [-0.3, -0.25) is 4.90 Å². The van der Waals surface area contributed by atoms with E-state index in [2.05, 4.69) is 15.2 Å². The predicted molar refractivity (Wildman–Crippen MR) is 175 cm³/mol. The number of phenols is 1. The zero-order valence-electron chi connectivity index (χ0n) is 27.2. The number of anilines is 1. The molecule has 5 unspecified atom stereocenters. The largest absolute Gasteiger partial charge is 0.508 e. The van der Waals surface area contributed by atoms with Gasteiger partial charge in [-0.25, -0.2) is 13.8 Å². The molecule has 2 aromatic heterocycles. The summed E-state index contributed by atoms with van der Waals surface area (Å²) >= 11 is 0. The molecule has 9 rings (SSSR count). The molecule has 9 nitrogen and oxygen atoms in total. The molecule has 4 aromatic rings. The summed E-state index contributed by atoms with van der Waals surface area (Å²) in [5, 5.41) is 15.7. The van der Waals surface area contributed by atoms with Gasteiger partial charge in [-0.15, -0.1) is 0 Å². The minimum absolute atomic E-state index is 0.0656. The summed E-state index contributed by atoms with van der Waals surface area (Å²) in [4.78, 5) is 18.5. The normalized spacial score (nSPS) is 27.4. The Morgan fingerprint density at radius 3 is 2.82 bits per heavy atom. The van der Waals surface area contributed by atoms with Gasteiger partial charge in [0.1, 0.15) is 46.7 Å². The summed E-state index contributed by atoms with van der Waals surface area (Å²) in [5.74, 6) is -0.766. The zero-order valence-corrected chi connectivity index (χ0v) is 27.2. The lowest BCUT2D eigenvalue weighted by Gasteiger charge is -2.42. The van der Waals surface area contributed by atoms with Crippen molar-refractivity contribution < 1.29 is 32.1 Å². The summed E-state index contributed by atoms with van der Waals surface area (Å²) in [7, 11) is 0. The topological polar surface area (TPSA) is 95.9 Å². The van der Waals surface area contributed by atoms with Gasteiger partial charge < -0.3 is 24.8 Å². The molecule has 13 heteroatoms. The first-order valence-corrected chi connectivity index (χ1v) is 17.1. The fourth-order valence-electron chi connectivity index (χ4n) is 9.23. The SMILES string of the molecule is CCc1c(F)ccc2cc(O)cc(-c3nc4c5c(nc(OCC67CCCN6CC(=C(F)F)C7)nc5c3F)N3CC5CCC(N5)C3C(C)O4)c12. The number of nitrogens with one attached hydrogen (secondary N) is 1. The molecule has 7 heterocycles. The van der Waals surface area contributed by atoms with E-state index in [-0.39, 0.29) is 83.8 Å². The second-order valence-corrected chi connectivity index (χ2v) is 14.2. The van der Waals surface area contributed by atoms with Crippen LogP contribution in [0.2, 0.25) is 0 Å². The number of aryl methyl sites for hydroxylation is 1. The van der Waals surface area contributed by atoms with E-state index in [4.69, 9.17) is 19.4 Å². The third-order valence-electron chi connectivity index (χ3n) is 11.4. The molecule has 5 atom stereocenters. The first kappa shape index (κ1) is 30.8. The second kappa shape index (κ2) is 11.1. The Morgan fingerprint density at radius 1 is 1.14 bits per heavy atom. The van der Waals surface area contributed by atoms with Gasteiger partial charge in [0.25, 0.3) is 6.08 Å². The number of hydrogen-bond donors (Lipinski definition) is 2. The van der Waals surface area contributed by atoms with Crippen LogP contribution in [0.15, 0.2) is 35.9 Å². The summed E-state index contributed by atoms with van der Waals surface area (Å²) in [6, 6.07) is 5.90. The molecule has 0 aliphatic carbocycles. The van der Waals surface area contributed by atoms with Crippen molar-refractivity contribution in [1.29, 1.82) is 0 Å². The number of aromatic hydroxyl groups is 1. The maximum absolute atomic E-state index is 17.2. The standard InChI is InChI=1S/C36H36F4N6O3/c1-3-22-24(37)7-5-18-11-21(47)12-23(26(18)22)29-28(38)30-27-33(46-15-20-6-8-25(41-20)31(46)17(2)49-34(27)42-29)44-35(43-30)48-16-36-9-4-10-45(36)14-19(13-36)32(39)40/h5,7,11-12,17,20,25,31,41,47H,3-4,6,8-10,13-16H2,1-2H3. The molecule has 0 saturated carbocycles. The van der Waals surface area contributed by atoms with Crippen molar-refractivity contribution in [3.05, 3.63) is 53.1 Å². The Labute approximate surface area is 279 Å².